The Kier molecular flexibility index (Phi) is 1.88. The van der Waals surface area contributed by atoms with Crippen molar-refractivity contribution >= 4 is 0 Å². The summed E-state index contributed by atoms with van der Waals surface area (Å²) < 4.78 is 0. The molecule has 2 nitrogen and oxygen atoms in total. The molecule has 0 aromatic heterocycles. The molecule has 0 heterocycles. The van der Waals surface area contributed by atoms with Gasteiger partial charge in [-0.25, -0.2) is 0 Å². The van der Waals surface area contributed by atoms with Crippen LogP contribution in [0.2, 0.25) is 0 Å². The summed E-state index contributed by atoms with van der Waals surface area (Å²) in [5.74, 6) is 1.81. The van der Waals surface area contributed by atoms with Crippen molar-refractivity contribution in [1.29, 1.82) is 0 Å². The van der Waals surface area contributed by atoms with Gasteiger partial charge in [0.15, 0.2) is 0 Å². The van der Waals surface area contributed by atoms with Crippen LogP contribution in [0.15, 0.2) is 12.7 Å². The van der Waals surface area contributed by atoms with Gasteiger partial charge < -0.3 is 10.8 Å². The van der Waals surface area contributed by atoms with E-state index in [-0.39, 0.29) is 11.1 Å². The lowest BCUT2D eigenvalue weighted by atomic mass is 9.46. The first kappa shape index (κ1) is 9.86. The van der Waals surface area contributed by atoms with E-state index in [4.69, 9.17) is 5.73 Å². The van der Waals surface area contributed by atoms with Crippen LogP contribution in [0.5, 0.6) is 0 Å². The van der Waals surface area contributed by atoms with E-state index in [1.54, 1.807) is 0 Å². The molecule has 4 aliphatic carbocycles. The first-order valence-corrected chi connectivity index (χ1v) is 6.18. The van der Waals surface area contributed by atoms with Crippen molar-refractivity contribution in [3.63, 3.8) is 0 Å². The van der Waals surface area contributed by atoms with Crippen LogP contribution >= 0.6 is 0 Å². The maximum Gasteiger partial charge on any atom is 0.0657 e. The van der Waals surface area contributed by atoms with E-state index >= 15 is 0 Å². The molecule has 0 aromatic carbocycles. The van der Waals surface area contributed by atoms with Crippen molar-refractivity contribution in [3.8, 4) is 0 Å². The molecule has 2 unspecified atom stereocenters. The van der Waals surface area contributed by atoms with Gasteiger partial charge in [-0.05, 0) is 56.3 Å². The fourth-order valence-corrected chi connectivity index (χ4v) is 4.67. The van der Waals surface area contributed by atoms with E-state index in [9.17, 15) is 5.11 Å². The van der Waals surface area contributed by atoms with Crippen molar-refractivity contribution < 1.29 is 5.11 Å². The molecule has 4 bridgehead atoms. The minimum atomic E-state index is -0.361. The van der Waals surface area contributed by atoms with Crippen molar-refractivity contribution in [3.05, 3.63) is 12.7 Å². The van der Waals surface area contributed by atoms with Crippen molar-refractivity contribution in [2.24, 2.45) is 23.5 Å². The molecule has 0 spiro atoms. The number of aliphatic hydroxyl groups is 1. The van der Waals surface area contributed by atoms with Gasteiger partial charge in [-0.1, -0.05) is 6.08 Å². The van der Waals surface area contributed by atoms with Crippen molar-refractivity contribution in [2.45, 2.75) is 49.7 Å². The number of nitrogens with two attached hydrogens (primary N) is 1. The van der Waals surface area contributed by atoms with Crippen LogP contribution in [0.1, 0.15) is 38.5 Å². The molecule has 4 fully saturated rings. The first-order valence-electron chi connectivity index (χ1n) is 6.18. The van der Waals surface area contributed by atoms with E-state index in [0.717, 1.165) is 31.6 Å². The Morgan fingerprint density at radius 3 is 2.33 bits per heavy atom. The summed E-state index contributed by atoms with van der Waals surface area (Å²) >= 11 is 0. The minimum absolute atomic E-state index is 0.0507. The molecular weight excluding hydrogens is 186 g/mol. The molecular formula is C13H21NO. The molecule has 15 heavy (non-hydrogen) atoms. The smallest absolute Gasteiger partial charge is 0.0657 e. The Labute approximate surface area is 91.5 Å². The molecule has 0 aliphatic heterocycles. The average Bonchev–Trinajstić information content (AvgIpc) is 2.12. The van der Waals surface area contributed by atoms with Gasteiger partial charge >= 0.3 is 0 Å². The lowest BCUT2D eigenvalue weighted by Gasteiger charge is -2.62. The third-order valence-corrected chi connectivity index (χ3v) is 5.18. The zero-order chi connectivity index (χ0) is 10.7. The van der Waals surface area contributed by atoms with E-state index in [1.165, 1.54) is 12.8 Å². The van der Waals surface area contributed by atoms with Crippen LogP contribution in [0.25, 0.3) is 0 Å². The van der Waals surface area contributed by atoms with Crippen LogP contribution in [0.4, 0.5) is 0 Å². The highest BCUT2D eigenvalue weighted by molar-refractivity contribution is 5.15. The van der Waals surface area contributed by atoms with Gasteiger partial charge in [0, 0.05) is 5.54 Å². The topological polar surface area (TPSA) is 46.2 Å². The van der Waals surface area contributed by atoms with E-state index < -0.39 is 0 Å². The monoisotopic (exact) mass is 207 g/mol. The number of rotatable bonds is 2. The Bertz CT molecular complexity index is 283. The van der Waals surface area contributed by atoms with Crippen LogP contribution in [-0.4, -0.2) is 16.2 Å². The van der Waals surface area contributed by atoms with Crippen LogP contribution < -0.4 is 5.73 Å². The third kappa shape index (κ3) is 1.24. The van der Waals surface area contributed by atoms with Crippen LogP contribution in [0.3, 0.4) is 0 Å². The normalized spacial score (nSPS) is 57.1. The van der Waals surface area contributed by atoms with Gasteiger partial charge in [-0.2, -0.15) is 0 Å². The molecule has 4 saturated carbocycles. The van der Waals surface area contributed by atoms with Gasteiger partial charge in [0.05, 0.1) is 5.60 Å². The Hall–Kier alpha value is -0.340. The van der Waals surface area contributed by atoms with Gasteiger partial charge in [0.2, 0.25) is 0 Å². The van der Waals surface area contributed by atoms with E-state index in [2.05, 4.69) is 6.58 Å². The molecule has 0 radical (unpaired) electrons. The zero-order valence-electron chi connectivity index (χ0n) is 9.28. The third-order valence-electron chi connectivity index (χ3n) is 5.18. The van der Waals surface area contributed by atoms with Crippen molar-refractivity contribution in [2.75, 3.05) is 0 Å². The maximum absolute atomic E-state index is 10.4. The molecule has 0 aromatic rings. The summed E-state index contributed by atoms with van der Waals surface area (Å²) in [6.07, 6.45) is 8.27. The summed E-state index contributed by atoms with van der Waals surface area (Å²) in [7, 11) is 0. The molecule has 4 rings (SSSR count). The maximum atomic E-state index is 10.4. The number of hydrogen-bond donors (Lipinski definition) is 2. The molecule has 4 aliphatic rings. The summed E-state index contributed by atoms with van der Waals surface area (Å²) in [6, 6.07) is 0. The summed E-state index contributed by atoms with van der Waals surface area (Å²) in [6.45, 7) is 3.83. The predicted molar refractivity (Wildman–Crippen MR) is 60.2 cm³/mol. The predicted octanol–water partition coefficient (Wildman–Crippen LogP) is 1.83. The lowest BCUT2D eigenvalue weighted by molar-refractivity contribution is -0.159. The molecule has 0 saturated heterocycles. The second kappa shape index (κ2) is 2.86. The zero-order valence-corrected chi connectivity index (χ0v) is 9.28. The Balaban J connectivity index is 1.93. The second-order valence-corrected chi connectivity index (χ2v) is 6.17. The largest absolute Gasteiger partial charge is 0.390 e. The van der Waals surface area contributed by atoms with E-state index in [1.807, 2.05) is 6.08 Å². The highest BCUT2D eigenvalue weighted by atomic mass is 16.3. The van der Waals surface area contributed by atoms with Gasteiger partial charge in [0.1, 0.15) is 0 Å². The number of hydrogen-bond acceptors (Lipinski definition) is 2. The van der Waals surface area contributed by atoms with Crippen LogP contribution in [0, 0.1) is 17.8 Å². The summed E-state index contributed by atoms with van der Waals surface area (Å²) in [4.78, 5) is 0. The van der Waals surface area contributed by atoms with Gasteiger partial charge in [-0.3, -0.25) is 0 Å². The first-order chi connectivity index (χ1) is 7.06. The standard InChI is InChI=1S/C13H21NO/c1-2-3-13(14)10-4-9-5-11(13)8-12(15,6-9)7-10/h2,9-11,15H,1,3-8,14H2. The second-order valence-electron chi connectivity index (χ2n) is 6.17. The highest BCUT2D eigenvalue weighted by Gasteiger charge is 2.59. The van der Waals surface area contributed by atoms with E-state index in [0.29, 0.717) is 11.8 Å². The SMILES string of the molecule is C=CCC1(N)C2CC3CC1CC(O)(C3)C2. The van der Waals surface area contributed by atoms with Gasteiger partial charge in [-0.15, -0.1) is 6.58 Å². The molecule has 2 heteroatoms. The Morgan fingerprint density at radius 1 is 1.27 bits per heavy atom. The average molecular weight is 207 g/mol. The molecule has 3 N–H and O–H groups in total. The molecule has 0 amide bonds. The summed E-state index contributed by atoms with van der Waals surface area (Å²) in [5, 5.41) is 10.4. The Morgan fingerprint density at radius 2 is 1.87 bits per heavy atom. The highest BCUT2D eigenvalue weighted by Crippen LogP contribution is 2.59. The fourth-order valence-electron chi connectivity index (χ4n) is 4.67. The fraction of sp³-hybridized carbons (Fsp3) is 0.846. The van der Waals surface area contributed by atoms with Gasteiger partial charge in [0.25, 0.3) is 0 Å². The molecule has 84 valence electrons. The lowest BCUT2D eigenvalue weighted by Crippen LogP contribution is -2.67. The quantitative estimate of drug-likeness (QED) is 0.679. The minimum Gasteiger partial charge on any atom is -0.390 e. The summed E-state index contributed by atoms with van der Waals surface area (Å²) in [5.41, 5.74) is 6.17. The van der Waals surface area contributed by atoms with Crippen LogP contribution in [-0.2, 0) is 0 Å². The molecule has 2 atom stereocenters. The van der Waals surface area contributed by atoms with Crippen molar-refractivity contribution in [1.82, 2.24) is 0 Å².